The van der Waals surface area contributed by atoms with Gasteiger partial charge in [-0.2, -0.15) is 0 Å². The molecule has 0 radical (unpaired) electrons. The van der Waals surface area contributed by atoms with Crippen molar-refractivity contribution in [1.82, 2.24) is 0 Å². The highest BCUT2D eigenvalue weighted by atomic mass is 14.7. The van der Waals surface area contributed by atoms with Gasteiger partial charge in [-0.3, -0.25) is 9.98 Å². The summed E-state index contributed by atoms with van der Waals surface area (Å²) in [6.45, 7) is 0. The van der Waals surface area contributed by atoms with Crippen molar-refractivity contribution in [2.45, 2.75) is 96.3 Å². The van der Waals surface area contributed by atoms with Crippen LogP contribution in [0, 0.1) is 17.8 Å². The summed E-state index contributed by atoms with van der Waals surface area (Å²) in [5.74, 6) is 2.52. The predicted molar refractivity (Wildman–Crippen MR) is 147 cm³/mol. The van der Waals surface area contributed by atoms with Gasteiger partial charge in [-0.05, 0) is 61.8 Å². The fraction of sp³-hybridized carbons (Fsp3) is 0.700. The first-order valence-corrected chi connectivity index (χ1v) is 13.6. The van der Waals surface area contributed by atoms with Gasteiger partial charge in [-0.1, -0.05) is 88.1 Å². The van der Waals surface area contributed by atoms with Crippen LogP contribution < -0.4 is 0 Å². The predicted octanol–water partition coefficient (Wildman–Crippen LogP) is 8.22. The zero-order valence-electron chi connectivity index (χ0n) is 21.7. The molecule has 3 nitrogen and oxygen atoms in total. The van der Waals surface area contributed by atoms with Crippen molar-refractivity contribution in [3.63, 3.8) is 0 Å². The minimum Gasteiger partial charge on any atom is -0.301 e. The van der Waals surface area contributed by atoms with E-state index in [0.29, 0.717) is 0 Å². The minimum absolute atomic E-state index is 0.809. The Hall–Kier alpha value is -1.77. The smallest absolute Gasteiger partial charge is 0.0281 e. The average molecular weight is 452 g/mol. The molecule has 0 unspecified atom stereocenters. The van der Waals surface area contributed by atoms with Crippen LogP contribution in [0.3, 0.4) is 0 Å². The molecule has 184 valence electrons. The van der Waals surface area contributed by atoms with Crippen molar-refractivity contribution in [3.8, 4) is 0 Å². The summed E-state index contributed by atoms with van der Waals surface area (Å²) in [5, 5.41) is 0. The van der Waals surface area contributed by atoms with E-state index in [4.69, 9.17) is 0 Å². The quantitative estimate of drug-likeness (QED) is 0.413. The molecule has 0 aromatic heterocycles. The van der Waals surface area contributed by atoms with Crippen LogP contribution in [0.5, 0.6) is 0 Å². The molecule has 0 spiro atoms. The molecule has 3 aliphatic carbocycles. The van der Waals surface area contributed by atoms with Crippen molar-refractivity contribution in [2.24, 2.45) is 32.7 Å². The van der Waals surface area contributed by atoms with Gasteiger partial charge in [0.1, 0.15) is 0 Å². The Morgan fingerprint density at radius 2 is 1.12 bits per heavy atom. The molecule has 33 heavy (non-hydrogen) atoms. The van der Waals surface area contributed by atoms with Crippen LogP contribution >= 0.6 is 0 Å². The minimum atomic E-state index is 0.809. The first-order chi connectivity index (χ1) is 16.3. The Bertz CT molecular complexity index is 654. The molecule has 0 N–H and O–H groups in total. The summed E-state index contributed by atoms with van der Waals surface area (Å²) in [5.41, 5.74) is 2.74. The van der Waals surface area contributed by atoms with E-state index in [9.17, 15) is 0 Å². The van der Waals surface area contributed by atoms with E-state index >= 15 is 0 Å². The van der Waals surface area contributed by atoms with Crippen LogP contribution in [-0.2, 0) is 0 Å². The molecule has 3 saturated carbocycles. The number of aliphatic imine (C=N–C) groups is 3. The molecule has 3 heteroatoms. The summed E-state index contributed by atoms with van der Waals surface area (Å²) < 4.78 is 0. The van der Waals surface area contributed by atoms with Gasteiger partial charge in [0.25, 0.3) is 0 Å². The third-order valence-corrected chi connectivity index (χ3v) is 7.39. The van der Waals surface area contributed by atoms with Crippen LogP contribution in [-0.4, -0.2) is 39.3 Å². The second-order valence-electron chi connectivity index (χ2n) is 9.92. The van der Waals surface area contributed by atoms with Crippen LogP contribution in [0.4, 0.5) is 0 Å². The van der Waals surface area contributed by atoms with Gasteiger partial charge in [0.15, 0.2) is 0 Å². The Balaban J connectivity index is 0.000000186. The first-order valence-electron chi connectivity index (χ1n) is 13.6. The first kappa shape index (κ1) is 27.5. The Morgan fingerprint density at radius 1 is 0.636 bits per heavy atom. The van der Waals surface area contributed by atoms with Crippen molar-refractivity contribution < 1.29 is 0 Å². The lowest BCUT2D eigenvalue weighted by molar-refractivity contribution is 0.387. The molecule has 0 saturated heterocycles. The van der Waals surface area contributed by atoms with E-state index in [0.717, 1.165) is 23.3 Å². The van der Waals surface area contributed by atoms with E-state index in [1.165, 1.54) is 96.3 Å². The van der Waals surface area contributed by atoms with Gasteiger partial charge < -0.3 is 4.99 Å². The topological polar surface area (TPSA) is 37.1 Å². The molecule has 0 heterocycles. The fourth-order valence-corrected chi connectivity index (χ4v) is 5.68. The molecule has 1 aromatic rings. The maximum Gasteiger partial charge on any atom is 0.0281 e. The number of hydrogen-bond donors (Lipinski definition) is 0. The number of hydrogen-bond acceptors (Lipinski definition) is 3. The zero-order chi connectivity index (χ0) is 23.6. The van der Waals surface area contributed by atoms with Crippen LogP contribution in [0.25, 0.3) is 0 Å². The molecular weight excluding hydrogens is 402 g/mol. The van der Waals surface area contributed by atoms with E-state index < -0.39 is 0 Å². The van der Waals surface area contributed by atoms with Gasteiger partial charge in [0.2, 0.25) is 0 Å². The van der Waals surface area contributed by atoms with Gasteiger partial charge in [-0.25, -0.2) is 0 Å². The summed E-state index contributed by atoms with van der Waals surface area (Å²) in [7, 11) is 5.67. The van der Waals surface area contributed by atoms with Gasteiger partial charge in [-0.15, -0.1) is 0 Å². The summed E-state index contributed by atoms with van der Waals surface area (Å²) in [6, 6.07) is 10.0. The Kier molecular flexibility index (Phi) is 14.7. The lowest BCUT2D eigenvalue weighted by atomic mass is 9.76. The molecule has 1 aromatic carbocycles. The maximum atomic E-state index is 4.65. The SMILES string of the molecule is CN=C(C1CCCCC1)C1CCCCC1.CN=CC1CCCCC1.CN=Cc1ccccc1. The van der Waals surface area contributed by atoms with Crippen LogP contribution in [0.1, 0.15) is 102 Å². The van der Waals surface area contributed by atoms with E-state index in [1.54, 1.807) is 12.8 Å². The van der Waals surface area contributed by atoms with Crippen molar-refractivity contribution in [1.29, 1.82) is 0 Å². The standard InChI is InChI=1S/C14H25N.C8H15N.C8H9N/c1-15-14(12-8-4-2-5-9-12)13-10-6-3-7-11-13;2*1-9-7-8-5-3-2-4-6-8/h12-13H,2-11H2,1H3;7-8H,2-6H2,1H3;2-7H,1H3. The van der Waals surface area contributed by atoms with Gasteiger partial charge in [0, 0.05) is 39.3 Å². The Morgan fingerprint density at radius 3 is 1.55 bits per heavy atom. The van der Waals surface area contributed by atoms with E-state index in [-0.39, 0.29) is 0 Å². The third kappa shape index (κ3) is 11.3. The van der Waals surface area contributed by atoms with Crippen LogP contribution in [0.15, 0.2) is 45.3 Å². The molecule has 0 bridgehead atoms. The largest absolute Gasteiger partial charge is 0.301 e. The lowest BCUT2D eigenvalue weighted by Crippen LogP contribution is -2.27. The molecule has 4 rings (SSSR count). The molecular formula is C30H49N3. The second-order valence-corrected chi connectivity index (χ2v) is 9.92. The van der Waals surface area contributed by atoms with Crippen molar-refractivity contribution >= 4 is 18.1 Å². The third-order valence-electron chi connectivity index (χ3n) is 7.39. The Labute approximate surface area is 204 Å². The van der Waals surface area contributed by atoms with E-state index in [1.807, 2.05) is 50.6 Å². The second kappa shape index (κ2) is 17.7. The summed E-state index contributed by atoms with van der Waals surface area (Å²) in [4.78, 5) is 12.6. The highest BCUT2D eigenvalue weighted by Gasteiger charge is 2.26. The van der Waals surface area contributed by atoms with Crippen LogP contribution in [0.2, 0.25) is 0 Å². The fourth-order valence-electron chi connectivity index (χ4n) is 5.68. The van der Waals surface area contributed by atoms with Crippen molar-refractivity contribution in [3.05, 3.63) is 35.9 Å². The summed E-state index contributed by atoms with van der Waals surface area (Å²) in [6.07, 6.45) is 25.3. The van der Waals surface area contributed by atoms with Crippen molar-refractivity contribution in [2.75, 3.05) is 21.1 Å². The molecule has 0 amide bonds. The molecule has 0 atom stereocenters. The monoisotopic (exact) mass is 451 g/mol. The average Bonchev–Trinajstić information content (AvgIpc) is 2.88. The molecule has 0 aliphatic heterocycles. The normalized spacial score (nSPS) is 20.6. The molecule has 3 fully saturated rings. The summed E-state index contributed by atoms with van der Waals surface area (Å²) >= 11 is 0. The lowest BCUT2D eigenvalue weighted by Gasteiger charge is -2.31. The number of nitrogens with zero attached hydrogens (tertiary/aromatic N) is 3. The highest BCUT2D eigenvalue weighted by molar-refractivity contribution is 5.89. The maximum absolute atomic E-state index is 4.65. The zero-order valence-corrected chi connectivity index (χ0v) is 21.7. The van der Waals surface area contributed by atoms with E-state index in [2.05, 4.69) is 21.2 Å². The number of rotatable bonds is 4. The highest BCUT2D eigenvalue weighted by Crippen LogP contribution is 2.33. The number of benzene rings is 1. The van der Waals surface area contributed by atoms with Gasteiger partial charge in [0.05, 0.1) is 0 Å². The molecule has 3 aliphatic rings. The van der Waals surface area contributed by atoms with Gasteiger partial charge >= 0.3 is 0 Å².